The number of amides is 3. The van der Waals surface area contributed by atoms with Crippen LogP contribution in [0.1, 0.15) is 47.4 Å². The smallest absolute Gasteiger partial charge is 0.251 e. The summed E-state index contributed by atoms with van der Waals surface area (Å²) in [5, 5.41) is 11.5. The number of anilines is 2. The van der Waals surface area contributed by atoms with Crippen molar-refractivity contribution in [1.82, 2.24) is 10.6 Å². The lowest BCUT2D eigenvalue weighted by molar-refractivity contribution is -0.114. The van der Waals surface area contributed by atoms with Crippen LogP contribution in [0.15, 0.2) is 48.5 Å². The third kappa shape index (κ3) is 7.09. The second kappa shape index (κ2) is 11.3. The molecule has 32 heavy (non-hydrogen) atoms. The van der Waals surface area contributed by atoms with Crippen molar-refractivity contribution in [3.05, 3.63) is 59.7 Å². The molecule has 0 aliphatic carbocycles. The molecule has 0 spiro atoms. The zero-order valence-electron chi connectivity index (χ0n) is 18.4. The van der Waals surface area contributed by atoms with Crippen LogP contribution in [0.3, 0.4) is 0 Å². The number of carbonyl (C=O) groups excluding carboxylic acids is 3. The van der Waals surface area contributed by atoms with Gasteiger partial charge in [-0.2, -0.15) is 0 Å². The number of hydrogen-bond acceptors (Lipinski definition) is 5. The molecule has 1 atom stereocenters. The number of hydrogen-bond donors (Lipinski definition) is 4. The summed E-state index contributed by atoms with van der Waals surface area (Å²) in [4.78, 5) is 36.6. The Labute approximate surface area is 188 Å². The average molecular weight is 439 g/mol. The van der Waals surface area contributed by atoms with E-state index in [4.69, 9.17) is 4.74 Å². The maximum atomic E-state index is 12.3. The van der Waals surface area contributed by atoms with Crippen LogP contribution < -0.4 is 21.3 Å². The Morgan fingerprint density at radius 1 is 1.00 bits per heavy atom. The lowest BCUT2D eigenvalue weighted by Crippen LogP contribution is -2.31. The van der Waals surface area contributed by atoms with Crippen LogP contribution in [-0.2, 0) is 9.53 Å². The number of ether oxygens (including phenoxy) is 1. The zero-order valence-corrected chi connectivity index (χ0v) is 18.4. The molecule has 0 radical (unpaired) electrons. The van der Waals surface area contributed by atoms with Crippen molar-refractivity contribution in [3.63, 3.8) is 0 Å². The molecule has 0 bridgehead atoms. The fourth-order valence-electron chi connectivity index (χ4n) is 3.32. The summed E-state index contributed by atoms with van der Waals surface area (Å²) < 4.78 is 5.51. The summed E-state index contributed by atoms with van der Waals surface area (Å²) in [5.74, 6) is -0.579. The minimum Gasteiger partial charge on any atom is -0.376 e. The quantitative estimate of drug-likeness (QED) is 0.481. The molecule has 2 aromatic rings. The molecule has 3 rings (SSSR count). The maximum absolute atomic E-state index is 12.3. The van der Waals surface area contributed by atoms with Gasteiger partial charge in [-0.3, -0.25) is 14.4 Å². The van der Waals surface area contributed by atoms with Gasteiger partial charge in [-0.25, -0.2) is 0 Å². The van der Waals surface area contributed by atoms with E-state index in [1.54, 1.807) is 48.5 Å². The van der Waals surface area contributed by atoms with Gasteiger partial charge in [-0.05, 0) is 69.2 Å². The standard InChI is InChI=1S/C24H30N4O4/c1-16(2)27-24(31)18-5-3-6-20(13-18)28-22(29)15-25-19-10-8-17(9-11-19)23(30)26-14-21-7-4-12-32-21/h3,5-6,8-11,13,16,21,25H,4,7,12,14-15H2,1-2H3,(H,26,30)(H,27,31)(H,28,29). The van der Waals surface area contributed by atoms with Crippen LogP contribution in [0, 0.1) is 0 Å². The van der Waals surface area contributed by atoms with E-state index in [-0.39, 0.29) is 36.4 Å². The largest absolute Gasteiger partial charge is 0.376 e. The Morgan fingerprint density at radius 3 is 2.47 bits per heavy atom. The highest BCUT2D eigenvalue weighted by Crippen LogP contribution is 2.13. The second-order valence-corrected chi connectivity index (χ2v) is 8.03. The van der Waals surface area contributed by atoms with Crippen LogP contribution in [0.2, 0.25) is 0 Å². The normalized spacial score (nSPS) is 15.3. The summed E-state index contributed by atoms with van der Waals surface area (Å²) in [6.45, 7) is 5.10. The summed E-state index contributed by atoms with van der Waals surface area (Å²) in [6, 6.07) is 13.8. The fourth-order valence-corrected chi connectivity index (χ4v) is 3.32. The van der Waals surface area contributed by atoms with Crippen molar-refractivity contribution in [1.29, 1.82) is 0 Å². The first kappa shape index (κ1) is 23.3. The Balaban J connectivity index is 1.45. The van der Waals surface area contributed by atoms with Gasteiger partial charge in [-0.1, -0.05) is 6.07 Å². The van der Waals surface area contributed by atoms with E-state index >= 15 is 0 Å². The van der Waals surface area contributed by atoms with Gasteiger partial charge in [-0.15, -0.1) is 0 Å². The number of carbonyl (C=O) groups is 3. The van der Waals surface area contributed by atoms with E-state index in [0.29, 0.717) is 23.4 Å². The monoisotopic (exact) mass is 438 g/mol. The number of benzene rings is 2. The average Bonchev–Trinajstić information content (AvgIpc) is 3.30. The van der Waals surface area contributed by atoms with Crippen LogP contribution in [0.4, 0.5) is 11.4 Å². The molecular weight excluding hydrogens is 408 g/mol. The highest BCUT2D eigenvalue weighted by molar-refractivity contribution is 5.98. The number of nitrogens with one attached hydrogen (secondary N) is 4. The predicted molar refractivity (Wildman–Crippen MR) is 124 cm³/mol. The molecule has 1 unspecified atom stereocenters. The Hall–Kier alpha value is -3.39. The van der Waals surface area contributed by atoms with Crippen molar-refractivity contribution < 1.29 is 19.1 Å². The van der Waals surface area contributed by atoms with Gasteiger partial charge >= 0.3 is 0 Å². The lowest BCUT2D eigenvalue weighted by Gasteiger charge is -2.12. The second-order valence-electron chi connectivity index (χ2n) is 8.03. The van der Waals surface area contributed by atoms with Gasteiger partial charge in [0.15, 0.2) is 0 Å². The van der Waals surface area contributed by atoms with Crippen LogP contribution in [-0.4, -0.2) is 49.6 Å². The van der Waals surface area contributed by atoms with Gasteiger partial charge in [0, 0.05) is 41.7 Å². The van der Waals surface area contributed by atoms with E-state index in [0.717, 1.165) is 25.1 Å². The van der Waals surface area contributed by atoms with Crippen LogP contribution in [0.25, 0.3) is 0 Å². The highest BCUT2D eigenvalue weighted by Gasteiger charge is 2.16. The molecule has 3 amide bonds. The third-order valence-corrected chi connectivity index (χ3v) is 4.94. The molecule has 1 saturated heterocycles. The molecule has 1 heterocycles. The van der Waals surface area contributed by atoms with Crippen LogP contribution >= 0.6 is 0 Å². The molecule has 1 aliphatic rings. The van der Waals surface area contributed by atoms with Gasteiger partial charge in [0.25, 0.3) is 11.8 Å². The Bertz CT molecular complexity index is 937. The first-order valence-electron chi connectivity index (χ1n) is 10.9. The molecule has 0 aromatic heterocycles. The molecular formula is C24H30N4O4. The fraction of sp³-hybridized carbons (Fsp3) is 0.375. The molecule has 8 heteroatoms. The molecule has 170 valence electrons. The van der Waals surface area contributed by atoms with Crippen molar-refractivity contribution in [2.75, 3.05) is 30.3 Å². The molecule has 8 nitrogen and oxygen atoms in total. The summed E-state index contributed by atoms with van der Waals surface area (Å²) >= 11 is 0. The first-order valence-corrected chi connectivity index (χ1v) is 10.9. The molecule has 0 saturated carbocycles. The maximum Gasteiger partial charge on any atom is 0.251 e. The topological polar surface area (TPSA) is 109 Å². The SMILES string of the molecule is CC(C)NC(=O)c1cccc(NC(=O)CNc2ccc(C(=O)NCC3CCCO3)cc2)c1. The summed E-state index contributed by atoms with van der Waals surface area (Å²) in [7, 11) is 0. The van der Waals surface area contributed by atoms with E-state index in [2.05, 4.69) is 21.3 Å². The highest BCUT2D eigenvalue weighted by atomic mass is 16.5. The zero-order chi connectivity index (χ0) is 22.9. The minimum atomic E-state index is -0.246. The summed E-state index contributed by atoms with van der Waals surface area (Å²) in [6.07, 6.45) is 2.11. The lowest BCUT2D eigenvalue weighted by atomic mass is 10.1. The minimum absolute atomic E-state index is 0.0312. The van der Waals surface area contributed by atoms with E-state index in [1.807, 2.05) is 13.8 Å². The first-order chi connectivity index (χ1) is 15.4. The van der Waals surface area contributed by atoms with Gasteiger partial charge < -0.3 is 26.0 Å². The molecule has 2 aromatic carbocycles. The third-order valence-electron chi connectivity index (χ3n) is 4.94. The van der Waals surface area contributed by atoms with Crippen molar-refractivity contribution in [2.24, 2.45) is 0 Å². The van der Waals surface area contributed by atoms with E-state index in [9.17, 15) is 14.4 Å². The molecule has 4 N–H and O–H groups in total. The van der Waals surface area contributed by atoms with Crippen molar-refractivity contribution >= 4 is 29.1 Å². The van der Waals surface area contributed by atoms with E-state index < -0.39 is 0 Å². The van der Waals surface area contributed by atoms with Gasteiger partial charge in [0.1, 0.15) is 0 Å². The Kier molecular flexibility index (Phi) is 8.21. The summed E-state index contributed by atoms with van der Waals surface area (Å²) in [5.41, 5.74) is 2.31. The van der Waals surface area contributed by atoms with Gasteiger partial charge in [0.05, 0.1) is 12.6 Å². The predicted octanol–water partition coefficient (Wildman–Crippen LogP) is 2.78. The van der Waals surface area contributed by atoms with Crippen molar-refractivity contribution in [3.8, 4) is 0 Å². The van der Waals surface area contributed by atoms with Gasteiger partial charge in [0.2, 0.25) is 5.91 Å². The molecule has 1 aliphatic heterocycles. The van der Waals surface area contributed by atoms with Crippen molar-refractivity contribution in [2.45, 2.75) is 38.8 Å². The van der Waals surface area contributed by atoms with Crippen LogP contribution in [0.5, 0.6) is 0 Å². The Morgan fingerprint density at radius 2 is 1.78 bits per heavy atom. The molecule has 1 fully saturated rings. The van der Waals surface area contributed by atoms with E-state index in [1.165, 1.54) is 0 Å². The number of rotatable bonds is 9.